The number of esters is 1. The number of rotatable bonds is 11. The topological polar surface area (TPSA) is 120 Å². The first-order valence-corrected chi connectivity index (χ1v) is 14.5. The Morgan fingerprint density at radius 1 is 0.921 bits per heavy atom. The Morgan fingerprint density at radius 3 is 2.24 bits per heavy atom. The number of para-hydroxylation sites is 1. The van der Waals surface area contributed by atoms with Crippen LogP contribution in [0.1, 0.15) is 29.5 Å². The van der Waals surface area contributed by atoms with Crippen LogP contribution in [-0.2, 0) is 25.1 Å². The van der Waals surface area contributed by atoms with Gasteiger partial charge in [-0.15, -0.1) is 10.2 Å². The van der Waals surface area contributed by atoms with Crippen molar-refractivity contribution in [1.82, 2.24) is 14.8 Å². The molecule has 9 nitrogen and oxygen atoms in total. The Kier molecular flexibility index (Phi) is 8.93. The van der Waals surface area contributed by atoms with Crippen LogP contribution in [0, 0.1) is 0 Å². The van der Waals surface area contributed by atoms with Crippen LogP contribution in [0.25, 0.3) is 5.69 Å². The Bertz CT molecular complexity index is 1490. The average molecular weight is 551 g/mol. The van der Waals surface area contributed by atoms with Gasteiger partial charge in [0.25, 0.3) is 0 Å². The smallest absolute Gasteiger partial charge is 0.338 e. The predicted octanol–water partition coefficient (Wildman–Crippen LogP) is 4.54. The Labute approximate surface area is 225 Å². The van der Waals surface area contributed by atoms with E-state index in [1.165, 1.54) is 0 Å². The molecule has 0 saturated heterocycles. The number of benzene rings is 3. The van der Waals surface area contributed by atoms with Crippen LogP contribution >= 0.6 is 11.8 Å². The quantitative estimate of drug-likeness (QED) is 0.214. The summed E-state index contributed by atoms with van der Waals surface area (Å²) in [4.78, 5) is 24.8. The standard InChI is InChI=1S/C27H26N4O5S2/c1-2-17-36-26(33)20-13-15-21(16-14-20)28-25(32)18-37-27-30-29-24(31(27)22-9-5-3-6-10-22)19-38(34,35)23-11-7-4-8-12-23/h3-16H,2,17-19H2,1H3,(H,28,32). The molecule has 1 aromatic heterocycles. The third-order valence-electron chi connectivity index (χ3n) is 5.31. The number of amides is 1. The fourth-order valence-electron chi connectivity index (χ4n) is 3.50. The molecule has 0 unspecified atom stereocenters. The van der Waals surface area contributed by atoms with E-state index in [4.69, 9.17) is 4.74 Å². The molecule has 0 atom stereocenters. The Hall–Kier alpha value is -3.96. The molecule has 11 heteroatoms. The Balaban J connectivity index is 1.47. The highest BCUT2D eigenvalue weighted by Gasteiger charge is 2.23. The lowest BCUT2D eigenvalue weighted by atomic mass is 10.2. The molecule has 4 aromatic rings. The van der Waals surface area contributed by atoms with Crippen LogP contribution in [0.4, 0.5) is 5.69 Å². The molecule has 0 aliphatic carbocycles. The molecule has 0 saturated carbocycles. The van der Waals surface area contributed by atoms with Crippen molar-refractivity contribution in [2.45, 2.75) is 29.1 Å². The second kappa shape index (κ2) is 12.5. The molecule has 0 fully saturated rings. The molecule has 3 aromatic carbocycles. The van der Waals surface area contributed by atoms with Crippen LogP contribution in [0.15, 0.2) is 95.0 Å². The summed E-state index contributed by atoms with van der Waals surface area (Å²) < 4.78 is 32.8. The SMILES string of the molecule is CCCOC(=O)c1ccc(NC(=O)CSc2nnc(CS(=O)(=O)c3ccccc3)n2-c2ccccc2)cc1. The van der Waals surface area contributed by atoms with E-state index in [0.717, 1.165) is 18.2 Å². The highest BCUT2D eigenvalue weighted by Crippen LogP contribution is 2.25. The van der Waals surface area contributed by atoms with E-state index in [1.807, 2.05) is 37.3 Å². The second-order valence-electron chi connectivity index (χ2n) is 8.19. The van der Waals surface area contributed by atoms with Gasteiger partial charge in [-0.25, -0.2) is 13.2 Å². The maximum absolute atomic E-state index is 13.0. The summed E-state index contributed by atoms with van der Waals surface area (Å²) in [7, 11) is -3.66. The molecular formula is C27H26N4O5S2. The molecule has 1 amide bonds. The first-order chi connectivity index (χ1) is 18.4. The summed E-state index contributed by atoms with van der Waals surface area (Å²) in [5.41, 5.74) is 1.62. The molecule has 1 heterocycles. The molecule has 38 heavy (non-hydrogen) atoms. The van der Waals surface area contributed by atoms with E-state index < -0.39 is 15.8 Å². The molecule has 0 spiro atoms. The summed E-state index contributed by atoms with van der Waals surface area (Å²) >= 11 is 1.14. The van der Waals surface area contributed by atoms with Gasteiger partial charge in [0, 0.05) is 11.4 Å². The normalized spacial score (nSPS) is 11.2. The average Bonchev–Trinajstić information content (AvgIpc) is 3.33. The van der Waals surface area contributed by atoms with Crippen molar-refractivity contribution in [2.75, 3.05) is 17.7 Å². The van der Waals surface area contributed by atoms with Gasteiger partial charge in [-0.2, -0.15) is 0 Å². The summed E-state index contributed by atoms with van der Waals surface area (Å²) in [6.07, 6.45) is 0.736. The van der Waals surface area contributed by atoms with Crippen molar-refractivity contribution in [3.05, 3.63) is 96.3 Å². The van der Waals surface area contributed by atoms with Gasteiger partial charge >= 0.3 is 5.97 Å². The van der Waals surface area contributed by atoms with Gasteiger partial charge in [0.15, 0.2) is 20.8 Å². The number of nitrogens with one attached hydrogen (secondary N) is 1. The highest BCUT2D eigenvalue weighted by molar-refractivity contribution is 7.99. The van der Waals surface area contributed by atoms with Gasteiger partial charge in [0.1, 0.15) is 5.75 Å². The predicted molar refractivity (Wildman–Crippen MR) is 145 cm³/mol. The largest absolute Gasteiger partial charge is 0.462 e. The molecule has 0 radical (unpaired) electrons. The van der Waals surface area contributed by atoms with E-state index in [9.17, 15) is 18.0 Å². The zero-order valence-electron chi connectivity index (χ0n) is 20.6. The van der Waals surface area contributed by atoms with E-state index in [2.05, 4.69) is 15.5 Å². The summed E-state index contributed by atoms with van der Waals surface area (Å²) in [5, 5.41) is 11.5. The van der Waals surface area contributed by atoms with Gasteiger partial charge in [-0.3, -0.25) is 9.36 Å². The van der Waals surface area contributed by atoms with Gasteiger partial charge in [-0.05, 0) is 55.0 Å². The summed E-state index contributed by atoms with van der Waals surface area (Å²) in [6, 6.07) is 23.7. The lowest BCUT2D eigenvalue weighted by Gasteiger charge is -2.11. The number of hydrogen-bond donors (Lipinski definition) is 1. The van der Waals surface area contributed by atoms with E-state index in [1.54, 1.807) is 59.2 Å². The van der Waals surface area contributed by atoms with Gasteiger partial charge in [0.2, 0.25) is 5.91 Å². The first-order valence-electron chi connectivity index (χ1n) is 11.8. The molecule has 0 aliphatic rings. The zero-order chi connectivity index (χ0) is 27.0. The van der Waals surface area contributed by atoms with Crippen LogP contribution in [-0.4, -0.2) is 47.4 Å². The van der Waals surface area contributed by atoms with Crippen molar-refractivity contribution in [2.24, 2.45) is 0 Å². The van der Waals surface area contributed by atoms with Crippen LogP contribution in [0.5, 0.6) is 0 Å². The third kappa shape index (κ3) is 6.87. The second-order valence-corrected chi connectivity index (χ2v) is 11.1. The van der Waals surface area contributed by atoms with Gasteiger partial charge in [-0.1, -0.05) is 55.1 Å². The molecule has 4 rings (SSSR count). The van der Waals surface area contributed by atoms with Crippen LogP contribution < -0.4 is 5.32 Å². The number of hydrogen-bond acceptors (Lipinski definition) is 8. The fraction of sp³-hybridized carbons (Fsp3) is 0.185. The maximum Gasteiger partial charge on any atom is 0.338 e. The van der Waals surface area contributed by atoms with E-state index in [-0.39, 0.29) is 28.1 Å². The van der Waals surface area contributed by atoms with Crippen molar-refractivity contribution in [3.8, 4) is 5.69 Å². The van der Waals surface area contributed by atoms with E-state index >= 15 is 0 Å². The van der Waals surface area contributed by atoms with Gasteiger partial charge < -0.3 is 10.1 Å². The van der Waals surface area contributed by atoms with Crippen LogP contribution in [0.2, 0.25) is 0 Å². The number of carbonyl (C=O) groups is 2. The van der Waals surface area contributed by atoms with Crippen LogP contribution in [0.3, 0.4) is 0 Å². The lowest BCUT2D eigenvalue weighted by Crippen LogP contribution is -2.15. The molecular weight excluding hydrogens is 524 g/mol. The molecule has 196 valence electrons. The van der Waals surface area contributed by atoms with Crippen molar-refractivity contribution in [1.29, 1.82) is 0 Å². The summed E-state index contributed by atoms with van der Waals surface area (Å²) in [6.45, 7) is 2.27. The highest BCUT2D eigenvalue weighted by atomic mass is 32.2. The fourth-order valence-corrected chi connectivity index (χ4v) is 5.54. The van der Waals surface area contributed by atoms with Crippen molar-refractivity contribution >= 4 is 39.2 Å². The number of ether oxygens (including phenoxy) is 1. The maximum atomic E-state index is 13.0. The number of anilines is 1. The number of sulfone groups is 1. The lowest BCUT2D eigenvalue weighted by molar-refractivity contribution is -0.113. The minimum atomic E-state index is -3.66. The molecule has 0 aliphatic heterocycles. The van der Waals surface area contributed by atoms with Gasteiger partial charge in [0.05, 0.1) is 22.8 Å². The monoisotopic (exact) mass is 550 g/mol. The minimum absolute atomic E-state index is 0.0106. The third-order valence-corrected chi connectivity index (χ3v) is 7.87. The van der Waals surface area contributed by atoms with Crippen molar-refractivity contribution in [3.63, 3.8) is 0 Å². The number of nitrogens with zero attached hydrogens (tertiary/aromatic N) is 3. The molecule has 0 bridgehead atoms. The molecule has 1 N–H and O–H groups in total. The van der Waals surface area contributed by atoms with E-state index in [0.29, 0.717) is 28.7 Å². The summed E-state index contributed by atoms with van der Waals surface area (Å²) in [5.74, 6) is -0.799. The minimum Gasteiger partial charge on any atom is -0.462 e. The number of aromatic nitrogens is 3. The van der Waals surface area contributed by atoms with Crippen molar-refractivity contribution < 1.29 is 22.7 Å². The number of thioether (sulfide) groups is 1. The Morgan fingerprint density at radius 2 is 1.58 bits per heavy atom. The number of carbonyl (C=O) groups excluding carboxylic acids is 2. The zero-order valence-corrected chi connectivity index (χ0v) is 22.2. The first kappa shape index (κ1) is 27.1.